The monoisotopic (exact) mass is 261 g/mol. The Hall–Kier alpha value is -1.88. The zero-order chi connectivity index (χ0) is 13.8. The van der Waals surface area contributed by atoms with E-state index in [1.165, 1.54) is 0 Å². The normalized spacial score (nSPS) is 12.4. The molecule has 1 heterocycles. The number of aromatic nitrogens is 2. The quantitative estimate of drug-likeness (QED) is 0.895. The summed E-state index contributed by atoms with van der Waals surface area (Å²) in [5.74, 6) is 2.35. The lowest BCUT2D eigenvalue weighted by Crippen LogP contribution is -2.19. The first-order valence-corrected chi connectivity index (χ1v) is 6.23. The molecule has 1 aromatic carbocycles. The lowest BCUT2D eigenvalue weighted by Gasteiger charge is -2.13. The molecule has 0 saturated carbocycles. The average molecular weight is 261 g/mol. The van der Waals surface area contributed by atoms with Gasteiger partial charge in [-0.1, -0.05) is 0 Å². The number of nitrogens with one attached hydrogen (secondary N) is 1. The number of anilines is 1. The van der Waals surface area contributed by atoms with Gasteiger partial charge in [-0.15, -0.1) is 0 Å². The molecule has 102 valence electrons. The van der Waals surface area contributed by atoms with Crippen LogP contribution in [0.5, 0.6) is 5.75 Å². The first-order chi connectivity index (χ1) is 9.13. The van der Waals surface area contributed by atoms with Gasteiger partial charge in [0.1, 0.15) is 17.4 Å². The summed E-state index contributed by atoms with van der Waals surface area (Å²) in [5.41, 5.74) is 0.904. The Balaban J connectivity index is 2.39. The molecule has 1 aromatic heterocycles. The first kappa shape index (κ1) is 13.5. The Morgan fingerprint density at radius 2 is 2.05 bits per heavy atom. The Morgan fingerprint density at radius 3 is 2.74 bits per heavy atom. The molecule has 0 bridgehead atoms. The molecule has 1 atom stereocenters. The maximum Gasteiger partial charge on any atom is 0.137 e. The van der Waals surface area contributed by atoms with Gasteiger partial charge in [-0.3, -0.25) is 0 Å². The molecular weight excluding hydrogens is 242 g/mol. The van der Waals surface area contributed by atoms with Crippen molar-refractivity contribution in [2.75, 3.05) is 26.1 Å². The highest BCUT2D eigenvalue weighted by molar-refractivity contribution is 5.90. The van der Waals surface area contributed by atoms with Gasteiger partial charge in [0.25, 0.3) is 0 Å². The fourth-order valence-corrected chi connectivity index (χ4v) is 1.81. The van der Waals surface area contributed by atoms with Gasteiger partial charge in [-0.05, 0) is 32.0 Å². The van der Waals surface area contributed by atoms with Crippen LogP contribution in [0.1, 0.15) is 12.7 Å². The highest BCUT2D eigenvalue weighted by atomic mass is 16.5. The number of fused-ring (bicyclic) bond motifs is 1. The topological polar surface area (TPSA) is 56.3 Å². The number of aryl methyl sites for hydroxylation is 1. The van der Waals surface area contributed by atoms with Crippen molar-refractivity contribution < 1.29 is 9.47 Å². The Labute approximate surface area is 113 Å². The van der Waals surface area contributed by atoms with E-state index >= 15 is 0 Å². The summed E-state index contributed by atoms with van der Waals surface area (Å²) < 4.78 is 10.5. The number of methoxy groups -OCH3 is 2. The molecule has 5 heteroatoms. The molecule has 0 aliphatic rings. The molecule has 19 heavy (non-hydrogen) atoms. The van der Waals surface area contributed by atoms with Gasteiger partial charge in [-0.25, -0.2) is 9.97 Å². The second kappa shape index (κ2) is 5.84. The van der Waals surface area contributed by atoms with Crippen molar-refractivity contribution in [3.8, 4) is 5.75 Å². The summed E-state index contributed by atoms with van der Waals surface area (Å²) in [4.78, 5) is 8.87. The summed E-state index contributed by atoms with van der Waals surface area (Å²) in [6, 6.07) is 5.78. The van der Waals surface area contributed by atoms with E-state index in [0.29, 0.717) is 6.54 Å². The Morgan fingerprint density at radius 1 is 1.26 bits per heavy atom. The smallest absolute Gasteiger partial charge is 0.137 e. The van der Waals surface area contributed by atoms with Crippen LogP contribution in [0.2, 0.25) is 0 Å². The van der Waals surface area contributed by atoms with E-state index in [4.69, 9.17) is 9.47 Å². The van der Waals surface area contributed by atoms with Crippen molar-refractivity contribution in [2.45, 2.75) is 20.0 Å². The highest BCUT2D eigenvalue weighted by Crippen LogP contribution is 2.25. The van der Waals surface area contributed by atoms with E-state index in [1.54, 1.807) is 14.2 Å². The maximum absolute atomic E-state index is 5.25. The molecule has 0 spiro atoms. The summed E-state index contributed by atoms with van der Waals surface area (Å²) in [6.07, 6.45) is 0.121. The number of hydrogen-bond acceptors (Lipinski definition) is 5. The van der Waals surface area contributed by atoms with E-state index in [-0.39, 0.29) is 6.10 Å². The molecule has 1 unspecified atom stereocenters. The lowest BCUT2D eigenvalue weighted by atomic mass is 10.2. The van der Waals surface area contributed by atoms with Crippen molar-refractivity contribution in [1.29, 1.82) is 0 Å². The van der Waals surface area contributed by atoms with Crippen LogP contribution in [0.25, 0.3) is 10.9 Å². The molecule has 0 radical (unpaired) electrons. The van der Waals surface area contributed by atoms with E-state index < -0.39 is 0 Å². The van der Waals surface area contributed by atoms with Crippen molar-refractivity contribution >= 4 is 16.7 Å². The fraction of sp³-hybridized carbons (Fsp3) is 0.429. The molecule has 0 saturated heterocycles. The molecule has 2 rings (SSSR count). The largest absolute Gasteiger partial charge is 0.497 e. The van der Waals surface area contributed by atoms with E-state index in [1.807, 2.05) is 32.0 Å². The summed E-state index contributed by atoms with van der Waals surface area (Å²) >= 11 is 0. The number of rotatable bonds is 5. The van der Waals surface area contributed by atoms with Crippen LogP contribution in [0.3, 0.4) is 0 Å². The molecule has 2 aromatic rings. The third-order valence-electron chi connectivity index (χ3n) is 2.97. The molecule has 1 N–H and O–H groups in total. The number of ether oxygens (including phenoxy) is 2. The highest BCUT2D eigenvalue weighted by Gasteiger charge is 2.08. The van der Waals surface area contributed by atoms with Crippen LogP contribution in [-0.2, 0) is 4.74 Å². The van der Waals surface area contributed by atoms with Gasteiger partial charge in [0, 0.05) is 19.0 Å². The minimum Gasteiger partial charge on any atom is -0.497 e. The molecular formula is C14H19N3O2. The van der Waals surface area contributed by atoms with Crippen molar-refractivity contribution in [3.63, 3.8) is 0 Å². The van der Waals surface area contributed by atoms with Crippen LogP contribution < -0.4 is 10.1 Å². The van der Waals surface area contributed by atoms with E-state index in [2.05, 4.69) is 15.3 Å². The van der Waals surface area contributed by atoms with Gasteiger partial charge >= 0.3 is 0 Å². The van der Waals surface area contributed by atoms with E-state index in [0.717, 1.165) is 28.3 Å². The predicted octanol–water partition coefficient (Wildman–Crippen LogP) is 2.39. The van der Waals surface area contributed by atoms with Gasteiger partial charge < -0.3 is 14.8 Å². The van der Waals surface area contributed by atoms with Crippen LogP contribution >= 0.6 is 0 Å². The second-order valence-electron chi connectivity index (χ2n) is 4.43. The predicted molar refractivity (Wildman–Crippen MR) is 75.8 cm³/mol. The van der Waals surface area contributed by atoms with Crippen molar-refractivity contribution in [1.82, 2.24) is 9.97 Å². The molecule has 0 amide bonds. The zero-order valence-electron chi connectivity index (χ0n) is 11.7. The number of benzene rings is 1. The van der Waals surface area contributed by atoms with Crippen LogP contribution in [0.4, 0.5) is 5.82 Å². The van der Waals surface area contributed by atoms with Gasteiger partial charge in [-0.2, -0.15) is 0 Å². The third kappa shape index (κ3) is 3.12. The lowest BCUT2D eigenvalue weighted by molar-refractivity contribution is 0.128. The molecule has 0 aliphatic heterocycles. The summed E-state index contributed by atoms with van der Waals surface area (Å²) in [7, 11) is 3.34. The number of nitrogens with zero attached hydrogens (tertiary/aromatic N) is 2. The summed E-state index contributed by atoms with van der Waals surface area (Å²) in [5, 5.41) is 4.25. The van der Waals surface area contributed by atoms with Crippen molar-refractivity contribution in [2.24, 2.45) is 0 Å². The molecule has 0 aliphatic carbocycles. The second-order valence-corrected chi connectivity index (χ2v) is 4.43. The minimum absolute atomic E-state index is 0.121. The van der Waals surface area contributed by atoms with Crippen LogP contribution in [-0.4, -0.2) is 36.8 Å². The molecule has 0 fully saturated rings. The Bertz CT molecular complexity index is 572. The van der Waals surface area contributed by atoms with Gasteiger partial charge in [0.2, 0.25) is 0 Å². The van der Waals surface area contributed by atoms with Gasteiger partial charge in [0.15, 0.2) is 0 Å². The Kier molecular flexibility index (Phi) is 4.16. The summed E-state index contributed by atoms with van der Waals surface area (Å²) in [6.45, 7) is 4.58. The maximum atomic E-state index is 5.25. The minimum atomic E-state index is 0.121. The zero-order valence-corrected chi connectivity index (χ0v) is 11.7. The standard InChI is InChI=1S/C14H19N3O2/c1-9(18-3)8-15-14-12-7-11(19-4)5-6-13(12)16-10(2)17-14/h5-7,9H,8H2,1-4H3,(H,15,16,17). The SMILES string of the molecule is COc1ccc2nc(C)nc(NCC(C)OC)c2c1. The van der Waals surface area contributed by atoms with E-state index in [9.17, 15) is 0 Å². The molecule has 5 nitrogen and oxygen atoms in total. The number of hydrogen-bond donors (Lipinski definition) is 1. The third-order valence-corrected chi connectivity index (χ3v) is 2.97. The first-order valence-electron chi connectivity index (χ1n) is 6.23. The average Bonchev–Trinajstić information content (AvgIpc) is 2.43. The fourth-order valence-electron chi connectivity index (χ4n) is 1.81. The van der Waals surface area contributed by atoms with Crippen LogP contribution in [0.15, 0.2) is 18.2 Å². The van der Waals surface area contributed by atoms with Gasteiger partial charge in [0.05, 0.1) is 18.7 Å². The van der Waals surface area contributed by atoms with Crippen molar-refractivity contribution in [3.05, 3.63) is 24.0 Å². The van der Waals surface area contributed by atoms with Crippen LogP contribution in [0, 0.1) is 6.92 Å².